The molecule has 1 fully saturated rings. The van der Waals surface area contributed by atoms with Crippen molar-refractivity contribution in [3.8, 4) is 0 Å². The maximum Gasteiger partial charge on any atom is 0.234 e. The molecule has 2 atom stereocenters. The molecule has 1 aromatic rings. The van der Waals surface area contributed by atoms with Crippen LogP contribution in [0.3, 0.4) is 0 Å². The molecule has 0 bridgehead atoms. The Labute approximate surface area is 131 Å². The fourth-order valence-electron chi connectivity index (χ4n) is 3.10. The van der Waals surface area contributed by atoms with E-state index in [4.69, 9.17) is 11.6 Å². The molecule has 1 aliphatic rings. The average molecular weight is 308 g/mol. The lowest BCUT2D eigenvalue weighted by Crippen LogP contribution is -2.49. The summed E-state index contributed by atoms with van der Waals surface area (Å²) >= 11 is 5.93. The number of rotatable bonds is 4. The molecule has 1 aromatic carbocycles. The number of amides is 2. The SMILES string of the molecule is CC(C)CCC1(C)CC(=O)NC(=O)C1c1ccc(Cl)cc1. The molecule has 21 heavy (non-hydrogen) atoms. The molecule has 0 aliphatic carbocycles. The van der Waals surface area contributed by atoms with Crippen LogP contribution in [0.5, 0.6) is 0 Å². The van der Waals surface area contributed by atoms with Gasteiger partial charge in [0, 0.05) is 11.4 Å². The summed E-state index contributed by atoms with van der Waals surface area (Å²) in [7, 11) is 0. The summed E-state index contributed by atoms with van der Waals surface area (Å²) in [5.41, 5.74) is 0.591. The van der Waals surface area contributed by atoms with Crippen LogP contribution in [0.4, 0.5) is 0 Å². The Morgan fingerprint density at radius 1 is 1.29 bits per heavy atom. The third-order valence-corrected chi connectivity index (χ3v) is 4.53. The Bertz CT molecular complexity index is 538. The van der Waals surface area contributed by atoms with Crippen LogP contribution in [-0.2, 0) is 9.59 Å². The minimum absolute atomic E-state index is 0.170. The van der Waals surface area contributed by atoms with E-state index in [2.05, 4.69) is 19.2 Å². The Morgan fingerprint density at radius 3 is 2.48 bits per heavy atom. The molecule has 1 saturated heterocycles. The maximum atomic E-state index is 12.4. The minimum atomic E-state index is -0.336. The Kier molecular flexibility index (Phi) is 4.72. The standard InChI is InChI=1S/C17H22ClNO2/c1-11(2)8-9-17(3)10-14(20)19-16(21)15(17)12-4-6-13(18)7-5-12/h4-7,11,15H,8-10H2,1-3H3,(H,19,20,21). The summed E-state index contributed by atoms with van der Waals surface area (Å²) < 4.78 is 0. The predicted octanol–water partition coefficient (Wildman–Crippen LogP) is 3.91. The highest BCUT2D eigenvalue weighted by molar-refractivity contribution is 6.30. The van der Waals surface area contributed by atoms with Crippen molar-refractivity contribution >= 4 is 23.4 Å². The van der Waals surface area contributed by atoms with E-state index < -0.39 is 0 Å². The predicted molar refractivity (Wildman–Crippen MR) is 84.1 cm³/mol. The Balaban J connectivity index is 2.34. The molecule has 1 heterocycles. The smallest absolute Gasteiger partial charge is 0.234 e. The van der Waals surface area contributed by atoms with Crippen molar-refractivity contribution in [3.05, 3.63) is 34.9 Å². The fraction of sp³-hybridized carbons (Fsp3) is 0.529. The van der Waals surface area contributed by atoms with Crippen LogP contribution in [0.25, 0.3) is 0 Å². The van der Waals surface area contributed by atoms with Gasteiger partial charge in [0.05, 0.1) is 5.92 Å². The third-order valence-electron chi connectivity index (χ3n) is 4.28. The van der Waals surface area contributed by atoms with Crippen LogP contribution in [0.1, 0.15) is 51.5 Å². The van der Waals surface area contributed by atoms with Crippen molar-refractivity contribution in [1.82, 2.24) is 5.32 Å². The highest BCUT2D eigenvalue weighted by atomic mass is 35.5. The van der Waals surface area contributed by atoms with Gasteiger partial charge in [0.2, 0.25) is 11.8 Å². The van der Waals surface area contributed by atoms with Crippen LogP contribution in [0.2, 0.25) is 5.02 Å². The van der Waals surface area contributed by atoms with Gasteiger partial charge in [-0.1, -0.05) is 50.9 Å². The van der Waals surface area contributed by atoms with Gasteiger partial charge in [0.15, 0.2) is 0 Å². The average Bonchev–Trinajstić information content (AvgIpc) is 2.38. The van der Waals surface area contributed by atoms with E-state index in [-0.39, 0.29) is 23.1 Å². The normalized spacial score (nSPS) is 26.0. The zero-order valence-corrected chi connectivity index (χ0v) is 13.5. The van der Waals surface area contributed by atoms with E-state index >= 15 is 0 Å². The molecule has 0 aromatic heterocycles. The van der Waals surface area contributed by atoms with Crippen molar-refractivity contribution in [2.45, 2.75) is 46.0 Å². The van der Waals surface area contributed by atoms with Gasteiger partial charge in [-0.3, -0.25) is 14.9 Å². The first-order valence-corrected chi connectivity index (χ1v) is 7.79. The largest absolute Gasteiger partial charge is 0.296 e. The molecule has 2 unspecified atom stereocenters. The zero-order valence-electron chi connectivity index (χ0n) is 12.8. The van der Waals surface area contributed by atoms with Crippen molar-refractivity contribution in [1.29, 1.82) is 0 Å². The molecule has 114 valence electrons. The number of benzene rings is 1. The Morgan fingerprint density at radius 2 is 1.90 bits per heavy atom. The number of piperidine rings is 1. The summed E-state index contributed by atoms with van der Waals surface area (Å²) in [6.45, 7) is 6.36. The molecule has 4 heteroatoms. The number of carbonyl (C=O) groups is 2. The van der Waals surface area contributed by atoms with E-state index in [0.717, 1.165) is 18.4 Å². The molecule has 0 radical (unpaired) electrons. The lowest BCUT2D eigenvalue weighted by Gasteiger charge is -2.40. The topological polar surface area (TPSA) is 46.2 Å². The second-order valence-corrected chi connectivity index (χ2v) is 7.10. The first-order chi connectivity index (χ1) is 9.82. The van der Waals surface area contributed by atoms with Gasteiger partial charge in [-0.25, -0.2) is 0 Å². The van der Waals surface area contributed by atoms with E-state index in [1.165, 1.54) is 0 Å². The summed E-state index contributed by atoms with van der Waals surface area (Å²) in [5, 5.41) is 3.12. The molecular formula is C17H22ClNO2. The summed E-state index contributed by atoms with van der Waals surface area (Å²) in [5.74, 6) is -0.115. The molecule has 0 spiro atoms. The molecule has 2 rings (SSSR count). The van der Waals surface area contributed by atoms with Crippen molar-refractivity contribution < 1.29 is 9.59 Å². The van der Waals surface area contributed by atoms with Gasteiger partial charge in [0.1, 0.15) is 0 Å². The van der Waals surface area contributed by atoms with Gasteiger partial charge in [-0.05, 0) is 35.4 Å². The first-order valence-electron chi connectivity index (χ1n) is 7.41. The third kappa shape index (κ3) is 3.65. The first kappa shape index (κ1) is 16.0. The van der Waals surface area contributed by atoms with Crippen molar-refractivity contribution in [2.75, 3.05) is 0 Å². The monoisotopic (exact) mass is 307 g/mol. The second kappa shape index (κ2) is 6.18. The van der Waals surface area contributed by atoms with Gasteiger partial charge in [0.25, 0.3) is 0 Å². The maximum absolute atomic E-state index is 12.4. The number of halogens is 1. The summed E-state index contributed by atoms with van der Waals surface area (Å²) in [6.07, 6.45) is 2.25. The lowest BCUT2D eigenvalue weighted by atomic mass is 9.65. The number of nitrogens with one attached hydrogen (secondary N) is 1. The van der Waals surface area contributed by atoms with Crippen molar-refractivity contribution in [2.24, 2.45) is 11.3 Å². The molecule has 1 N–H and O–H groups in total. The number of carbonyl (C=O) groups excluding carboxylic acids is 2. The zero-order chi connectivity index (χ0) is 15.6. The lowest BCUT2D eigenvalue weighted by molar-refractivity contribution is -0.139. The number of hydrogen-bond donors (Lipinski definition) is 1. The molecule has 1 aliphatic heterocycles. The quantitative estimate of drug-likeness (QED) is 0.857. The van der Waals surface area contributed by atoms with Crippen LogP contribution in [-0.4, -0.2) is 11.8 Å². The van der Waals surface area contributed by atoms with Crippen LogP contribution < -0.4 is 5.32 Å². The summed E-state index contributed by atoms with van der Waals surface area (Å²) in [6, 6.07) is 7.36. The highest BCUT2D eigenvalue weighted by Crippen LogP contribution is 2.45. The summed E-state index contributed by atoms with van der Waals surface area (Å²) in [4.78, 5) is 24.2. The van der Waals surface area contributed by atoms with Gasteiger partial charge in [-0.2, -0.15) is 0 Å². The van der Waals surface area contributed by atoms with Crippen LogP contribution in [0, 0.1) is 11.3 Å². The van der Waals surface area contributed by atoms with Crippen LogP contribution >= 0.6 is 11.6 Å². The Hall–Kier alpha value is -1.35. The molecular weight excluding hydrogens is 286 g/mol. The number of hydrogen-bond acceptors (Lipinski definition) is 2. The fourth-order valence-corrected chi connectivity index (χ4v) is 3.23. The highest BCUT2D eigenvalue weighted by Gasteiger charge is 2.45. The van der Waals surface area contributed by atoms with Crippen LogP contribution in [0.15, 0.2) is 24.3 Å². The van der Waals surface area contributed by atoms with Gasteiger partial charge < -0.3 is 0 Å². The van der Waals surface area contributed by atoms with E-state index in [9.17, 15) is 9.59 Å². The molecule has 2 amide bonds. The molecule has 3 nitrogen and oxygen atoms in total. The minimum Gasteiger partial charge on any atom is -0.296 e. The number of imide groups is 1. The van der Waals surface area contributed by atoms with E-state index in [0.29, 0.717) is 17.4 Å². The van der Waals surface area contributed by atoms with Gasteiger partial charge in [-0.15, -0.1) is 0 Å². The van der Waals surface area contributed by atoms with E-state index in [1.807, 2.05) is 19.1 Å². The van der Waals surface area contributed by atoms with Crippen molar-refractivity contribution in [3.63, 3.8) is 0 Å². The second-order valence-electron chi connectivity index (χ2n) is 6.66. The molecule has 0 saturated carbocycles. The van der Waals surface area contributed by atoms with E-state index in [1.54, 1.807) is 12.1 Å². The van der Waals surface area contributed by atoms with Gasteiger partial charge >= 0.3 is 0 Å².